The lowest BCUT2D eigenvalue weighted by atomic mass is 10.00. The van der Waals surface area contributed by atoms with E-state index in [2.05, 4.69) is 10.3 Å². The summed E-state index contributed by atoms with van der Waals surface area (Å²) in [4.78, 5) is 28.8. The summed E-state index contributed by atoms with van der Waals surface area (Å²) < 4.78 is 0. The maximum atomic E-state index is 12.9. The molecule has 1 amide bonds. The van der Waals surface area contributed by atoms with Crippen LogP contribution in [0, 0.1) is 5.92 Å². The molecule has 1 aromatic carbocycles. The fourth-order valence-electron chi connectivity index (χ4n) is 4.05. The molecule has 2 aromatic heterocycles. The van der Waals surface area contributed by atoms with Crippen LogP contribution < -0.4 is 5.32 Å². The SMILES string of the molecule is O=C(C1CC1)N1CCCC[C@@H]1c1nc(Nc2ccccc2)cc(-c2ccncc2)n1. The Balaban J connectivity index is 1.54. The number of nitrogens with zero attached hydrogens (tertiary/aromatic N) is 4. The number of pyridine rings is 1. The van der Waals surface area contributed by atoms with Gasteiger partial charge in [0.2, 0.25) is 5.91 Å². The predicted octanol–water partition coefficient (Wildman–Crippen LogP) is 4.75. The summed E-state index contributed by atoms with van der Waals surface area (Å²) in [6.07, 6.45) is 8.61. The molecule has 2 aliphatic rings. The molecule has 1 atom stereocenters. The third-order valence-corrected chi connectivity index (χ3v) is 5.78. The Bertz CT molecular complexity index is 1020. The zero-order chi connectivity index (χ0) is 20.3. The highest BCUT2D eigenvalue weighted by atomic mass is 16.2. The van der Waals surface area contributed by atoms with Crippen LogP contribution in [0.15, 0.2) is 60.9 Å². The Labute approximate surface area is 176 Å². The fourth-order valence-corrected chi connectivity index (χ4v) is 4.05. The molecule has 1 aliphatic heterocycles. The maximum absolute atomic E-state index is 12.9. The lowest BCUT2D eigenvalue weighted by molar-refractivity contribution is -0.136. The summed E-state index contributed by atoms with van der Waals surface area (Å²) in [6.45, 7) is 0.796. The van der Waals surface area contributed by atoms with Gasteiger partial charge in [-0.2, -0.15) is 0 Å². The summed E-state index contributed by atoms with van der Waals surface area (Å²) in [6, 6.07) is 15.8. The number of benzene rings is 1. The van der Waals surface area contributed by atoms with Crippen LogP contribution in [0.5, 0.6) is 0 Å². The third-order valence-electron chi connectivity index (χ3n) is 5.78. The van der Waals surface area contributed by atoms with Gasteiger partial charge in [-0.15, -0.1) is 0 Å². The van der Waals surface area contributed by atoms with Crippen LogP contribution in [0.1, 0.15) is 44.0 Å². The molecule has 1 N–H and O–H groups in total. The number of hydrogen-bond acceptors (Lipinski definition) is 5. The first kappa shape index (κ1) is 18.7. The number of rotatable bonds is 5. The van der Waals surface area contributed by atoms with Gasteiger partial charge < -0.3 is 10.2 Å². The van der Waals surface area contributed by atoms with Crippen molar-refractivity contribution in [1.82, 2.24) is 19.9 Å². The van der Waals surface area contributed by atoms with Crippen LogP contribution in [-0.4, -0.2) is 32.3 Å². The standard InChI is InChI=1S/C24H25N5O/c30-24(18-9-10-18)29-15-5-4-8-21(29)23-27-20(17-11-13-25-14-12-17)16-22(28-23)26-19-6-2-1-3-7-19/h1-3,6-7,11-14,16,18,21H,4-5,8-10,15H2,(H,26,27,28)/t21-/m1/s1. The van der Waals surface area contributed by atoms with Gasteiger partial charge >= 0.3 is 0 Å². The highest BCUT2D eigenvalue weighted by Crippen LogP contribution is 2.38. The van der Waals surface area contributed by atoms with Crippen molar-refractivity contribution in [3.63, 3.8) is 0 Å². The Kier molecular flexibility index (Phi) is 5.13. The number of amides is 1. The molecule has 1 aliphatic carbocycles. The number of likely N-dealkylation sites (tertiary alicyclic amines) is 1. The minimum absolute atomic E-state index is 0.0649. The molecular formula is C24H25N5O. The number of piperidine rings is 1. The van der Waals surface area contributed by atoms with E-state index >= 15 is 0 Å². The molecule has 2 fully saturated rings. The fraction of sp³-hybridized carbons (Fsp3) is 0.333. The van der Waals surface area contributed by atoms with E-state index < -0.39 is 0 Å². The Morgan fingerprint density at radius 1 is 0.967 bits per heavy atom. The van der Waals surface area contributed by atoms with Gasteiger partial charge in [-0.05, 0) is 56.4 Å². The number of carbonyl (C=O) groups excluding carboxylic acids is 1. The third kappa shape index (κ3) is 4.03. The van der Waals surface area contributed by atoms with Crippen molar-refractivity contribution in [3.05, 3.63) is 66.7 Å². The van der Waals surface area contributed by atoms with Crippen molar-refractivity contribution in [3.8, 4) is 11.3 Å². The number of carbonyl (C=O) groups is 1. The zero-order valence-electron chi connectivity index (χ0n) is 16.9. The molecule has 0 radical (unpaired) electrons. The van der Waals surface area contributed by atoms with Crippen LogP contribution in [0.25, 0.3) is 11.3 Å². The van der Waals surface area contributed by atoms with Gasteiger partial charge in [-0.3, -0.25) is 9.78 Å². The van der Waals surface area contributed by atoms with E-state index in [1.807, 2.05) is 53.4 Å². The van der Waals surface area contributed by atoms with Crippen molar-refractivity contribution in [2.75, 3.05) is 11.9 Å². The number of nitrogens with one attached hydrogen (secondary N) is 1. The van der Waals surface area contributed by atoms with Crippen LogP contribution in [0.3, 0.4) is 0 Å². The van der Waals surface area contributed by atoms with Gasteiger partial charge in [0.15, 0.2) is 5.82 Å². The topological polar surface area (TPSA) is 71.0 Å². The molecule has 0 bridgehead atoms. The second-order valence-electron chi connectivity index (χ2n) is 8.04. The van der Waals surface area contributed by atoms with Crippen molar-refractivity contribution in [1.29, 1.82) is 0 Å². The molecule has 0 unspecified atom stereocenters. The largest absolute Gasteiger partial charge is 0.340 e. The quantitative estimate of drug-likeness (QED) is 0.671. The van der Waals surface area contributed by atoms with E-state index in [1.54, 1.807) is 12.4 Å². The predicted molar refractivity (Wildman–Crippen MR) is 116 cm³/mol. The molecule has 5 rings (SSSR count). The van der Waals surface area contributed by atoms with Crippen LogP contribution >= 0.6 is 0 Å². The second kappa shape index (κ2) is 8.22. The zero-order valence-corrected chi connectivity index (χ0v) is 16.9. The molecule has 6 heteroatoms. The lowest BCUT2D eigenvalue weighted by Gasteiger charge is -2.35. The van der Waals surface area contributed by atoms with E-state index in [4.69, 9.17) is 9.97 Å². The highest BCUT2D eigenvalue weighted by Gasteiger charge is 2.38. The van der Waals surface area contributed by atoms with Gasteiger partial charge in [0, 0.05) is 42.2 Å². The molecule has 3 heterocycles. The van der Waals surface area contributed by atoms with E-state index in [0.717, 1.165) is 67.2 Å². The van der Waals surface area contributed by atoms with Crippen molar-refractivity contribution in [2.45, 2.75) is 38.1 Å². The first-order valence-corrected chi connectivity index (χ1v) is 10.7. The summed E-state index contributed by atoms with van der Waals surface area (Å²) in [5.74, 6) is 1.94. The second-order valence-corrected chi connectivity index (χ2v) is 8.04. The Morgan fingerprint density at radius 3 is 2.53 bits per heavy atom. The number of para-hydroxylation sites is 1. The van der Waals surface area contributed by atoms with Gasteiger partial charge in [-0.25, -0.2) is 9.97 Å². The van der Waals surface area contributed by atoms with Gasteiger partial charge in [-0.1, -0.05) is 18.2 Å². The maximum Gasteiger partial charge on any atom is 0.226 e. The normalized spacial score (nSPS) is 18.8. The van der Waals surface area contributed by atoms with Crippen molar-refractivity contribution < 1.29 is 4.79 Å². The summed E-state index contributed by atoms with van der Waals surface area (Å²) in [5, 5.41) is 3.40. The van der Waals surface area contributed by atoms with E-state index in [1.165, 1.54) is 0 Å². The van der Waals surface area contributed by atoms with Crippen molar-refractivity contribution >= 4 is 17.4 Å². The first-order chi connectivity index (χ1) is 14.8. The van der Waals surface area contributed by atoms with E-state index in [9.17, 15) is 4.79 Å². The van der Waals surface area contributed by atoms with Crippen LogP contribution in [0.4, 0.5) is 11.5 Å². The number of anilines is 2. The van der Waals surface area contributed by atoms with Crippen LogP contribution in [0.2, 0.25) is 0 Å². The Hall–Kier alpha value is -3.28. The highest BCUT2D eigenvalue weighted by molar-refractivity contribution is 5.81. The summed E-state index contributed by atoms with van der Waals surface area (Å²) >= 11 is 0. The van der Waals surface area contributed by atoms with E-state index in [0.29, 0.717) is 0 Å². The molecule has 1 saturated heterocycles. The molecule has 3 aromatic rings. The van der Waals surface area contributed by atoms with Crippen molar-refractivity contribution in [2.24, 2.45) is 5.92 Å². The summed E-state index contributed by atoms with van der Waals surface area (Å²) in [5.41, 5.74) is 2.79. The monoisotopic (exact) mass is 399 g/mol. The molecule has 30 heavy (non-hydrogen) atoms. The molecule has 6 nitrogen and oxygen atoms in total. The van der Waals surface area contributed by atoms with Crippen LogP contribution in [-0.2, 0) is 4.79 Å². The molecule has 0 spiro atoms. The molecule has 152 valence electrons. The average molecular weight is 399 g/mol. The van der Waals surface area contributed by atoms with Gasteiger partial charge in [0.25, 0.3) is 0 Å². The molecule has 1 saturated carbocycles. The summed E-state index contributed by atoms with van der Waals surface area (Å²) in [7, 11) is 0. The average Bonchev–Trinajstić information content (AvgIpc) is 3.65. The lowest BCUT2D eigenvalue weighted by Crippen LogP contribution is -2.40. The minimum Gasteiger partial charge on any atom is -0.340 e. The minimum atomic E-state index is -0.0649. The number of aromatic nitrogens is 3. The Morgan fingerprint density at radius 2 is 1.77 bits per heavy atom. The first-order valence-electron chi connectivity index (χ1n) is 10.7. The smallest absolute Gasteiger partial charge is 0.226 e. The van der Waals surface area contributed by atoms with Gasteiger partial charge in [0.1, 0.15) is 5.82 Å². The van der Waals surface area contributed by atoms with Gasteiger partial charge in [0.05, 0.1) is 11.7 Å². The van der Waals surface area contributed by atoms with E-state index in [-0.39, 0.29) is 17.9 Å². The molecular weight excluding hydrogens is 374 g/mol. The number of hydrogen-bond donors (Lipinski definition) is 1.